The van der Waals surface area contributed by atoms with E-state index in [0.29, 0.717) is 13.1 Å². The van der Waals surface area contributed by atoms with E-state index in [-0.39, 0.29) is 36.7 Å². The van der Waals surface area contributed by atoms with Gasteiger partial charge in [0.05, 0.1) is 18.4 Å². The summed E-state index contributed by atoms with van der Waals surface area (Å²) in [5, 5.41) is 18.4. The van der Waals surface area contributed by atoms with E-state index in [0.717, 1.165) is 37.0 Å². The van der Waals surface area contributed by atoms with Gasteiger partial charge in [-0.25, -0.2) is 5.01 Å². The predicted molar refractivity (Wildman–Crippen MR) is 94.9 cm³/mol. The molecule has 0 spiro atoms. The number of nitrogens with zero attached hydrogens (tertiary/aromatic N) is 2. The average Bonchev–Trinajstić information content (AvgIpc) is 3.28. The van der Waals surface area contributed by atoms with Gasteiger partial charge in [-0.1, -0.05) is 36.8 Å². The second-order valence-electron chi connectivity index (χ2n) is 6.74. The number of carbonyl (C=O) groups excluding carboxylic acids is 2. The second-order valence-corrected chi connectivity index (χ2v) is 6.74. The minimum atomic E-state index is -0.308. The normalized spacial score (nSPS) is 22.8. The monoisotopic (exact) mass is 343 g/mol. The molecule has 2 aliphatic rings. The van der Waals surface area contributed by atoms with Crippen LogP contribution < -0.4 is 5.32 Å². The Morgan fingerprint density at radius 1 is 1.20 bits per heavy atom. The number of aliphatic hydroxyl groups is 1. The highest BCUT2D eigenvalue weighted by molar-refractivity contribution is 6.02. The van der Waals surface area contributed by atoms with Crippen molar-refractivity contribution in [1.82, 2.24) is 10.3 Å². The van der Waals surface area contributed by atoms with Crippen LogP contribution in [0.1, 0.15) is 44.1 Å². The molecule has 1 aromatic carbocycles. The highest BCUT2D eigenvalue weighted by Gasteiger charge is 2.26. The van der Waals surface area contributed by atoms with Crippen LogP contribution in [0.3, 0.4) is 0 Å². The summed E-state index contributed by atoms with van der Waals surface area (Å²) in [5.41, 5.74) is 1.94. The molecule has 0 bridgehead atoms. The standard InChI is InChI=1S/C19H25N3O3/c23-17-8-4-7-15(17)13-20-18(24)9-10-19(25)22-12-11-16(21-22)14-5-2-1-3-6-14/h1-3,5-6,15,17,23H,4,7-13H2,(H,20,24)/t15-,17+/m0/s1. The van der Waals surface area contributed by atoms with Crippen LogP contribution in [-0.4, -0.2) is 46.8 Å². The van der Waals surface area contributed by atoms with E-state index >= 15 is 0 Å². The van der Waals surface area contributed by atoms with Gasteiger partial charge in [-0.15, -0.1) is 0 Å². The van der Waals surface area contributed by atoms with Crippen molar-refractivity contribution in [3.05, 3.63) is 35.9 Å². The lowest BCUT2D eigenvalue weighted by Crippen LogP contribution is -2.33. The summed E-state index contributed by atoms with van der Waals surface area (Å²) in [6.07, 6.45) is 3.52. The van der Waals surface area contributed by atoms with Gasteiger partial charge in [-0.2, -0.15) is 5.10 Å². The number of amides is 2. The number of hydrogen-bond donors (Lipinski definition) is 2. The van der Waals surface area contributed by atoms with Gasteiger partial charge in [0.25, 0.3) is 0 Å². The fourth-order valence-electron chi connectivity index (χ4n) is 3.41. The SMILES string of the molecule is O=C(CCC(=O)N1CCC(c2ccccc2)=N1)NC[C@@H]1CCC[C@H]1O. The maximum atomic E-state index is 12.2. The number of hydrazone groups is 1. The first-order chi connectivity index (χ1) is 12.1. The number of benzene rings is 1. The minimum absolute atomic E-state index is 0.123. The largest absolute Gasteiger partial charge is 0.393 e. The van der Waals surface area contributed by atoms with E-state index in [9.17, 15) is 14.7 Å². The molecule has 2 atom stereocenters. The molecule has 0 saturated heterocycles. The Morgan fingerprint density at radius 2 is 2.00 bits per heavy atom. The molecule has 2 amide bonds. The summed E-state index contributed by atoms with van der Waals surface area (Å²) in [7, 11) is 0. The number of rotatable bonds is 6. The second kappa shape index (κ2) is 8.25. The summed E-state index contributed by atoms with van der Waals surface area (Å²) >= 11 is 0. The summed E-state index contributed by atoms with van der Waals surface area (Å²) < 4.78 is 0. The molecule has 25 heavy (non-hydrogen) atoms. The van der Waals surface area contributed by atoms with E-state index < -0.39 is 0 Å². The number of hydrogen-bond acceptors (Lipinski definition) is 4. The molecule has 0 radical (unpaired) electrons. The molecule has 1 heterocycles. The zero-order valence-corrected chi connectivity index (χ0v) is 14.4. The van der Waals surface area contributed by atoms with Gasteiger partial charge in [-0.3, -0.25) is 9.59 Å². The van der Waals surface area contributed by atoms with E-state index in [1.54, 1.807) is 0 Å². The third-order valence-electron chi connectivity index (χ3n) is 4.94. The van der Waals surface area contributed by atoms with Crippen molar-refractivity contribution >= 4 is 17.5 Å². The Kier molecular flexibility index (Phi) is 5.81. The molecule has 0 unspecified atom stereocenters. The van der Waals surface area contributed by atoms with Crippen LogP contribution >= 0.6 is 0 Å². The van der Waals surface area contributed by atoms with Gasteiger partial charge < -0.3 is 10.4 Å². The molecule has 0 aromatic heterocycles. The van der Waals surface area contributed by atoms with Crippen LogP contribution in [0.25, 0.3) is 0 Å². The fraction of sp³-hybridized carbons (Fsp3) is 0.526. The molecule has 6 nitrogen and oxygen atoms in total. The Balaban J connectivity index is 1.42. The topological polar surface area (TPSA) is 82.0 Å². The quantitative estimate of drug-likeness (QED) is 0.824. The highest BCUT2D eigenvalue weighted by Crippen LogP contribution is 2.24. The van der Waals surface area contributed by atoms with Gasteiger partial charge in [0, 0.05) is 31.7 Å². The van der Waals surface area contributed by atoms with Gasteiger partial charge in [-0.05, 0) is 18.4 Å². The molecule has 1 aliphatic carbocycles. The summed E-state index contributed by atoms with van der Waals surface area (Å²) in [6.45, 7) is 1.06. The van der Waals surface area contributed by atoms with Crippen LogP contribution in [0.5, 0.6) is 0 Å². The van der Waals surface area contributed by atoms with Crippen molar-refractivity contribution in [2.24, 2.45) is 11.0 Å². The lowest BCUT2D eigenvalue weighted by atomic mass is 10.1. The maximum Gasteiger partial charge on any atom is 0.243 e. The molecule has 1 aromatic rings. The summed E-state index contributed by atoms with van der Waals surface area (Å²) in [4.78, 5) is 24.2. The summed E-state index contributed by atoms with van der Waals surface area (Å²) in [6, 6.07) is 9.82. The van der Waals surface area contributed by atoms with Crippen molar-refractivity contribution < 1.29 is 14.7 Å². The zero-order chi connectivity index (χ0) is 17.6. The van der Waals surface area contributed by atoms with Gasteiger partial charge in [0.1, 0.15) is 0 Å². The van der Waals surface area contributed by atoms with Crippen molar-refractivity contribution in [1.29, 1.82) is 0 Å². The van der Waals surface area contributed by atoms with Gasteiger partial charge in [0.2, 0.25) is 11.8 Å². The predicted octanol–water partition coefficient (Wildman–Crippen LogP) is 1.68. The molecule has 6 heteroatoms. The number of carbonyl (C=O) groups is 2. The fourth-order valence-corrected chi connectivity index (χ4v) is 3.41. The third kappa shape index (κ3) is 4.66. The van der Waals surface area contributed by atoms with Crippen molar-refractivity contribution in [2.45, 2.75) is 44.6 Å². The molecule has 134 valence electrons. The van der Waals surface area contributed by atoms with Crippen molar-refractivity contribution in [3.8, 4) is 0 Å². The Hall–Kier alpha value is -2.21. The molecule has 3 rings (SSSR count). The van der Waals surface area contributed by atoms with E-state index in [1.807, 2.05) is 30.3 Å². The van der Waals surface area contributed by atoms with Crippen LogP contribution in [-0.2, 0) is 9.59 Å². The third-order valence-corrected chi connectivity index (χ3v) is 4.94. The van der Waals surface area contributed by atoms with E-state index in [4.69, 9.17) is 0 Å². The molecule has 1 fully saturated rings. The Labute approximate surface area is 147 Å². The lowest BCUT2D eigenvalue weighted by molar-refractivity contribution is -0.133. The highest BCUT2D eigenvalue weighted by atomic mass is 16.3. The van der Waals surface area contributed by atoms with Crippen LogP contribution in [0.4, 0.5) is 0 Å². The van der Waals surface area contributed by atoms with E-state index in [1.165, 1.54) is 5.01 Å². The van der Waals surface area contributed by atoms with Gasteiger partial charge in [0.15, 0.2) is 0 Å². The zero-order valence-electron chi connectivity index (χ0n) is 14.4. The first-order valence-corrected chi connectivity index (χ1v) is 9.01. The van der Waals surface area contributed by atoms with Gasteiger partial charge >= 0.3 is 0 Å². The molecule has 2 N–H and O–H groups in total. The van der Waals surface area contributed by atoms with E-state index in [2.05, 4.69) is 10.4 Å². The smallest absolute Gasteiger partial charge is 0.243 e. The first-order valence-electron chi connectivity index (χ1n) is 9.01. The number of aliphatic hydroxyl groups excluding tert-OH is 1. The molecule has 1 aliphatic heterocycles. The Morgan fingerprint density at radius 3 is 2.72 bits per heavy atom. The van der Waals surface area contributed by atoms with Crippen LogP contribution in [0, 0.1) is 5.92 Å². The van der Waals surface area contributed by atoms with Crippen molar-refractivity contribution in [3.63, 3.8) is 0 Å². The van der Waals surface area contributed by atoms with Crippen molar-refractivity contribution in [2.75, 3.05) is 13.1 Å². The minimum Gasteiger partial charge on any atom is -0.393 e. The molecular formula is C19H25N3O3. The average molecular weight is 343 g/mol. The van der Waals surface area contributed by atoms with Crippen LogP contribution in [0.2, 0.25) is 0 Å². The number of nitrogens with one attached hydrogen (secondary N) is 1. The van der Waals surface area contributed by atoms with Crippen LogP contribution in [0.15, 0.2) is 35.4 Å². The maximum absolute atomic E-state index is 12.2. The molecule has 1 saturated carbocycles. The summed E-state index contributed by atoms with van der Waals surface area (Å²) in [5.74, 6) is -0.114. The molecular weight excluding hydrogens is 318 g/mol. The first kappa shape index (κ1) is 17.6. The Bertz CT molecular complexity index is 645. The lowest BCUT2D eigenvalue weighted by Gasteiger charge is -2.15.